The summed E-state index contributed by atoms with van der Waals surface area (Å²) >= 11 is 0. The standard InChI is InChI=1S/C14H15N3O2S/c18-20(19,13-5-6-13)17-10-12-4-2-8-16-14(12)11-3-1-7-15-9-11/h1-4,7-9,13,17H,5-6,10H2. The van der Waals surface area contributed by atoms with Gasteiger partial charge in [-0.2, -0.15) is 0 Å². The van der Waals surface area contributed by atoms with Crippen LogP contribution in [0, 0.1) is 0 Å². The Morgan fingerprint density at radius 1 is 1.20 bits per heavy atom. The van der Waals surface area contributed by atoms with Crippen molar-refractivity contribution in [3.63, 3.8) is 0 Å². The first-order chi connectivity index (χ1) is 9.67. The molecule has 1 aliphatic rings. The normalized spacial score (nSPS) is 15.2. The molecule has 1 aliphatic carbocycles. The number of nitrogens with one attached hydrogen (secondary N) is 1. The van der Waals surface area contributed by atoms with E-state index < -0.39 is 10.0 Å². The molecule has 0 unspecified atom stereocenters. The van der Waals surface area contributed by atoms with Crippen LogP contribution in [0.1, 0.15) is 18.4 Å². The molecule has 1 fully saturated rings. The summed E-state index contributed by atoms with van der Waals surface area (Å²) in [7, 11) is -3.18. The first-order valence-corrected chi connectivity index (χ1v) is 8.04. The summed E-state index contributed by atoms with van der Waals surface area (Å²) in [6.45, 7) is 0.261. The molecular weight excluding hydrogens is 274 g/mol. The lowest BCUT2D eigenvalue weighted by Gasteiger charge is -2.09. The van der Waals surface area contributed by atoms with Gasteiger partial charge < -0.3 is 0 Å². The minimum Gasteiger partial charge on any atom is -0.264 e. The molecule has 0 bridgehead atoms. The van der Waals surface area contributed by atoms with Gasteiger partial charge in [0.15, 0.2) is 0 Å². The van der Waals surface area contributed by atoms with E-state index in [1.165, 1.54) is 0 Å². The van der Waals surface area contributed by atoms with Crippen LogP contribution in [0.25, 0.3) is 11.3 Å². The first-order valence-electron chi connectivity index (χ1n) is 6.49. The van der Waals surface area contributed by atoms with Crippen LogP contribution < -0.4 is 4.72 Å². The van der Waals surface area contributed by atoms with E-state index in [4.69, 9.17) is 0 Å². The minimum atomic E-state index is -3.18. The molecule has 0 atom stereocenters. The fourth-order valence-corrected chi connectivity index (χ4v) is 3.37. The Hall–Kier alpha value is -1.79. The summed E-state index contributed by atoms with van der Waals surface area (Å²) in [5.74, 6) is 0. The molecule has 0 amide bonds. The van der Waals surface area contributed by atoms with Crippen molar-refractivity contribution in [3.8, 4) is 11.3 Å². The topological polar surface area (TPSA) is 72.0 Å². The maximum absolute atomic E-state index is 11.9. The van der Waals surface area contributed by atoms with Gasteiger partial charge in [0.05, 0.1) is 10.9 Å². The zero-order valence-corrected chi connectivity index (χ0v) is 11.7. The molecule has 2 aromatic rings. The van der Waals surface area contributed by atoms with Crippen molar-refractivity contribution in [2.45, 2.75) is 24.6 Å². The quantitative estimate of drug-likeness (QED) is 0.909. The zero-order chi connectivity index (χ0) is 14.0. The Kier molecular flexibility index (Phi) is 3.50. The van der Waals surface area contributed by atoms with Gasteiger partial charge in [0.25, 0.3) is 0 Å². The highest BCUT2D eigenvalue weighted by atomic mass is 32.2. The number of hydrogen-bond acceptors (Lipinski definition) is 4. The van der Waals surface area contributed by atoms with Gasteiger partial charge >= 0.3 is 0 Å². The number of pyridine rings is 2. The molecule has 2 heterocycles. The summed E-state index contributed by atoms with van der Waals surface area (Å²) in [5.41, 5.74) is 2.50. The van der Waals surface area contributed by atoms with Crippen LogP contribution in [0.2, 0.25) is 0 Å². The van der Waals surface area contributed by atoms with Crippen LogP contribution in [0.15, 0.2) is 42.9 Å². The number of rotatable bonds is 5. The Morgan fingerprint density at radius 2 is 2.00 bits per heavy atom. The van der Waals surface area contributed by atoms with E-state index in [0.717, 1.165) is 29.7 Å². The maximum Gasteiger partial charge on any atom is 0.214 e. The van der Waals surface area contributed by atoms with Crippen molar-refractivity contribution in [2.75, 3.05) is 0 Å². The summed E-state index contributed by atoms with van der Waals surface area (Å²) in [4.78, 5) is 8.41. The van der Waals surface area contributed by atoms with Crippen LogP contribution >= 0.6 is 0 Å². The summed E-state index contributed by atoms with van der Waals surface area (Å²) < 4.78 is 26.4. The Labute approximate surface area is 118 Å². The lowest BCUT2D eigenvalue weighted by Crippen LogP contribution is -2.27. The molecule has 1 saturated carbocycles. The van der Waals surface area contributed by atoms with Crippen LogP contribution in [0.3, 0.4) is 0 Å². The van der Waals surface area contributed by atoms with Gasteiger partial charge in [0.1, 0.15) is 0 Å². The van der Waals surface area contributed by atoms with Crippen molar-refractivity contribution in [1.29, 1.82) is 0 Å². The molecule has 20 heavy (non-hydrogen) atoms. The van der Waals surface area contributed by atoms with Gasteiger partial charge in [0.2, 0.25) is 10.0 Å². The Balaban J connectivity index is 1.83. The molecule has 0 saturated heterocycles. The minimum absolute atomic E-state index is 0.207. The molecule has 6 heteroatoms. The third-order valence-corrected chi connectivity index (χ3v) is 5.15. The molecule has 5 nitrogen and oxygen atoms in total. The SMILES string of the molecule is O=S(=O)(NCc1cccnc1-c1cccnc1)C1CC1. The molecule has 0 spiro atoms. The molecular formula is C14H15N3O2S. The molecule has 104 valence electrons. The van der Waals surface area contributed by atoms with E-state index >= 15 is 0 Å². The third kappa shape index (κ3) is 2.86. The van der Waals surface area contributed by atoms with E-state index in [9.17, 15) is 8.42 Å². The van der Waals surface area contributed by atoms with Gasteiger partial charge in [-0.15, -0.1) is 0 Å². The van der Waals surface area contributed by atoms with Gasteiger partial charge in [-0.3, -0.25) is 9.97 Å². The monoisotopic (exact) mass is 289 g/mol. The van der Waals surface area contributed by atoms with Crippen LogP contribution in [-0.2, 0) is 16.6 Å². The van der Waals surface area contributed by atoms with Crippen LogP contribution in [0.5, 0.6) is 0 Å². The van der Waals surface area contributed by atoms with E-state index in [-0.39, 0.29) is 11.8 Å². The second kappa shape index (κ2) is 5.30. The van der Waals surface area contributed by atoms with Gasteiger partial charge in [0, 0.05) is 30.7 Å². The van der Waals surface area contributed by atoms with Gasteiger partial charge in [-0.05, 0) is 36.6 Å². The van der Waals surface area contributed by atoms with E-state index in [1.54, 1.807) is 24.7 Å². The molecule has 1 N–H and O–H groups in total. The molecule has 0 radical (unpaired) electrons. The number of aromatic nitrogens is 2. The second-order valence-electron chi connectivity index (χ2n) is 4.82. The highest BCUT2D eigenvalue weighted by Crippen LogP contribution is 2.28. The predicted molar refractivity (Wildman–Crippen MR) is 76.2 cm³/mol. The fraction of sp³-hybridized carbons (Fsp3) is 0.286. The molecule has 3 rings (SSSR count). The third-order valence-electron chi connectivity index (χ3n) is 3.25. The Morgan fingerprint density at radius 3 is 2.70 bits per heavy atom. The number of sulfonamides is 1. The molecule has 2 aromatic heterocycles. The average Bonchev–Trinajstić information content (AvgIpc) is 3.32. The van der Waals surface area contributed by atoms with E-state index in [2.05, 4.69) is 14.7 Å². The summed E-state index contributed by atoms with van der Waals surface area (Å²) in [5, 5.41) is -0.207. The maximum atomic E-state index is 11.9. The second-order valence-corrected chi connectivity index (χ2v) is 6.86. The Bertz CT molecular complexity index is 697. The highest BCUT2D eigenvalue weighted by Gasteiger charge is 2.35. The van der Waals surface area contributed by atoms with E-state index in [1.807, 2.05) is 18.2 Å². The summed E-state index contributed by atoms with van der Waals surface area (Å²) in [6.07, 6.45) is 6.64. The molecule has 0 aliphatic heterocycles. The highest BCUT2D eigenvalue weighted by molar-refractivity contribution is 7.90. The number of hydrogen-bond donors (Lipinski definition) is 1. The van der Waals surface area contributed by atoms with Crippen molar-refractivity contribution in [3.05, 3.63) is 48.4 Å². The number of nitrogens with zero attached hydrogens (tertiary/aromatic N) is 2. The first kappa shape index (κ1) is 13.2. The lowest BCUT2D eigenvalue weighted by molar-refractivity contribution is 0.580. The van der Waals surface area contributed by atoms with Crippen LogP contribution in [0.4, 0.5) is 0 Å². The lowest BCUT2D eigenvalue weighted by atomic mass is 10.1. The van der Waals surface area contributed by atoms with E-state index in [0.29, 0.717) is 0 Å². The van der Waals surface area contributed by atoms with Gasteiger partial charge in [-0.1, -0.05) is 6.07 Å². The molecule has 0 aromatic carbocycles. The average molecular weight is 289 g/mol. The van der Waals surface area contributed by atoms with Crippen molar-refractivity contribution in [1.82, 2.24) is 14.7 Å². The smallest absolute Gasteiger partial charge is 0.214 e. The van der Waals surface area contributed by atoms with Crippen molar-refractivity contribution < 1.29 is 8.42 Å². The van der Waals surface area contributed by atoms with Gasteiger partial charge in [-0.25, -0.2) is 13.1 Å². The predicted octanol–water partition coefficient (Wildman–Crippen LogP) is 1.73. The van der Waals surface area contributed by atoms with Crippen molar-refractivity contribution in [2.24, 2.45) is 0 Å². The summed E-state index contributed by atoms with van der Waals surface area (Å²) in [6, 6.07) is 7.43. The largest absolute Gasteiger partial charge is 0.264 e. The van der Waals surface area contributed by atoms with Crippen molar-refractivity contribution >= 4 is 10.0 Å². The van der Waals surface area contributed by atoms with Crippen LogP contribution in [-0.4, -0.2) is 23.6 Å². The zero-order valence-electron chi connectivity index (χ0n) is 10.9. The fourth-order valence-electron chi connectivity index (χ4n) is 2.02.